The molecule has 0 aromatic carbocycles. The summed E-state index contributed by atoms with van der Waals surface area (Å²) in [6, 6.07) is 0. The highest BCUT2D eigenvalue weighted by atomic mass is 32.2. The lowest BCUT2D eigenvalue weighted by Gasteiger charge is -2.33. The van der Waals surface area contributed by atoms with Gasteiger partial charge in [-0.2, -0.15) is 5.10 Å². The van der Waals surface area contributed by atoms with Gasteiger partial charge in [-0.3, -0.25) is 5.10 Å². The zero-order valence-corrected chi connectivity index (χ0v) is 11.2. The molecule has 2 rings (SSSR count). The number of rotatable bonds is 4. The van der Waals surface area contributed by atoms with Crippen LogP contribution >= 0.6 is 0 Å². The molecule has 0 radical (unpaired) electrons. The molecule has 0 unspecified atom stereocenters. The Bertz CT molecular complexity index is 574. The van der Waals surface area contributed by atoms with Crippen molar-refractivity contribution in [3.8, 4) is 0 Å². The van der Waals surface area contributed by atoms with E-state index in [-0.39, 0.29) is 5.56 Å². The SMILES string of the molecule is CC1(NS(=O)(=O)c2[nH]ncc2C(=O)O)CCOCC1. The van der Waals surface area contributed by atoms with Gasteiger partial charge in [0.15, 0.2) is 5.03 Å². The third-order valence-corrected chi connectivity index (χ3v) is 4.69. The molecule has 1 fully saturated rings. The Kier molecular flexibility index (Phi) is 3.61. The van der Waals surface area contributed by atoms with Crippen LogP contribution in [0.1, 0.15) is 30.1 Å². The Labute approximate surface area is 110 Å². The fourth-order valence-corrected chi connectivity index (χ4v) is 3.49. The number of carboxylic acid groups (broad SMARTS) is 1. The van der Waals surface area contributed by atoms with Crippen LogP contribution in [0.25, 0.3) is 0 Å². The second-order valence-corrected chi connectivity index (χ2v) is 6.32. The summed E-state index contributed by atoms with van der Waals surface area (Å²) in [6.45, 7) is 2.70. The Morgan fingerprint density at radius 1 is 1.53 bits per heavy atom. The molecule has 1 aromatic heterocycles. The molecule has 3 N–H and O–H groups in total. The van der Waals surface area contributed by atoms with Crippen molar-refractivity contribution in [2.24, 2.45) is 0 Å². The van der Waals surface area contributed by atoms with Gasteiger partial charge in [-0.1, -0.05) is 0 Å². The first-order valence-corrected chi connectivity index (χ1v) is 7.21. The lowest BCUT2D eigenvalue weighted by Crippen LogP contribution is -2.49. The molecule has 1 aromatic rings. The van der Waals surface area contributed by atoms with Crippen LogP contribution < -0.4 is 4.72 Å². The highest BCUT2D eigenvalue weighted by Gasteiger charge is 2.35. The topological polar surface area (TPSA) is 121 Å². The molecular weight excluding hydrogens is 274 g/mol. The van der Waals surface area contributed by atoms with Gasteiger partial charge >= 0.3 is 5.97 Å². The standard InChI is InChI=1S/C10H15N3O5S/c1-10(2-4-18-5-3-10)13-19(16,17)8-7(9(14)15)6-11-12-8/h6,13H,2-5H2,1H3,(H,11,12)(H,14,15). The molecule has 0 saturated carbocycles. The van der Waals surface area contributed by atoms with Crippen LogP contribution in [0, 0.1) is 0 Å². The summed E-state index contributed by atoms with van der Waals surface area (Å²) in [5, 5.41) is 14.2. The van der Waals surface area contributed by atoms with Crippen molar-refractivity contribution in [3.05, 3.63) is 11.8 Å². The Balaban J connectivity index is 2.27. The second kappa shape index (κ2) is 4.91. The van der Waals surface area contributed by atoms with E-state index in [4.69, 9.17) is 9.84 Å². The molecule has 0 spiro atoms. The van der Waals surface area contributed by atoms with E-state index in [9.17, 15) is 13.2 Å². The summed E-state index contributed by atoms with van der Waals surface area (Å²) in [4.78, 5) is 10.9. The maximum absolute atomic E-state index is 12.2. The van der Waals surface area contributed by atoms with Crippen molar-refractivity contribution in [1.29, 1.82) is 0 Å². The van der Waals surface area contributed by atoms with Gasteiger partial charge in [0.05, 0.1) is 6.20 Å². The monoisotopic (exact) mass is 289 g/mol. The van der Waals surface area contributed by atoms with Crippen LogP contribution in [0.4, 0.5) is 0 Å². The van der Waals surface area contributed by atoms with Crippen molar-refractivity contribution in [1.82, 2.24) is 14.9 Å². The van der Waals surface area contributed by atoms with Crippen molar-refractivity contribution in [2.75, 3.05) is 13.2 Å². The number of ether oxygens (including phenoxy) is 1. The lowest BCUT2D eigenvalue weighted by molar-refractivity contribution is 0.0536. The summed E-state index contributed by atoms with van der Waals surface area (Å²) in [7, 11) is -3.96. The van der Waals surface area contributed by atoms with Gasteiger partial charge in [0.25, 0.3) is 10.0 Å². The molecule has 8 nitrogen and oxygen atoms in total. The van der Waals surface area contributed by atoms with Crippen LogP contribution in [-0.4, -0.2) is 48.4 Å². The molecule has 1 aliphatic rings. The number of nitrogens with zero attached hydrogens (tertiary/aromatic N) is 1. The second-order valence-electron chi connectivity index (χ2n) is 4.70. The maximum Gasteiger partial charge on any atom is 0.340 e. The van der Waals surface area contributed by atoms with Crippen LogP contribution in [0.5, 0.6) is 0 Å². The number of carboxylic acids is 1. The summed E-state index contributed by atoms with van der Waals surface area (Å²) in [5.41, 5.74) is -1.01. The summed E-state index contributed by atoms with van der Waals surface area (Å²) in [6.07, 6.45) is 2.04. The molecule has 19 heavy (non-hydrogen) atoms. The van der Waals surface area contributed by atoms with E-state index in [1.54, 1.807) is 6.92 Å². The predicted molar refractivity (Wildman–Crippen MR) is 64.3 cm³/mol. The maximum atomic E-state index is 12.2. The van der Waals surface area contributed by atoms with Gasteiger partial charge in [-0.05, 0) is 19.8 Å². The smallest absolute Gasteiger partial charge is 0.340 e. The number of hydrogen-bond acceptors (Lipinski definition) is 5. The first kappa shape index (κ1) is 14.0. The highest BCUT2D eigenvalue weighted by molar-refractivity contribution is 7.89. The van der Waals surface area contributed by atoms with Crippen LogP contribution in [0.15, 0.2) is 11.2 Å². The van der Waals surface area contributed by atoms with Gasteiger partial charge in [-0.15, -0.1) is 0 Å². The largest absolute Gasteiger partial charge is 0.478 e. The van der Waals surface area contributed by atoms with E-state index >= 15 is 0 Å². The van der Waals surface area contributed by atoms with Gasteiger partial charge in [0.1, 0.15) is 5.56 Å². The molecule has 0 bridgehead atoms. The molecule has 0 aliphatic carbocycles. The number of nitrogens with one attached hydrogen (secondary N) is 2. The average Bonchev–Trinajstić information content (AvgIpc) is 2.78. The van der Waals surface area contributed by atoms with E-state index in [2.05, 4.69) is 14.9 Å². The molecule has 0 amide bonds. The van der Waals surface area contributed by atoms with E-state index < -0.39 is 26.6 Å². The fourth-order valence-electron chi connectivity index (χ4n) is 1.93. The first-order chi connectivity index (χ1) is 8.84. The van der Waals surface area contributed by atoms with E-state index in [1.165, 1.54) is 0 Å². The minimum Gasteiger partial charge on any atom is -0.478 e. The molecule has 1 aliphatic heterocycles. The minimum absolute atomic E-state index is 0.372. The Hall–Kier alpha value is -1.45. The van der Waals surface area contributed by atoms with Crippen molar-refractivity contribution >= 4 is 16.0 Å². The van der Waals surface area contributed by atoms with Gasteiger partial charge < -0.3 is 9.84 Å². The molecule has 9 heteroatoms. The predicted octanol–water partition coefficient (Wildman–Crippen LogP) is -0.0447. The van der Waals surface area contributed by atoms with Gasteiger partial charge in [0.2, 0.25) is 0 Å². The quantitative estimate of drug-likeness (QED) is 0.714. The number of H-pyrrole nitrogens is 1. The van der Waals surface area contributed by atoms with Gasteiger partial charge in [0, 0.05) is 18.8 Å². The van der Waals surface area contributed by atoms with Crippen molar-refractivity contribution in [3.63, 3.8) is 0 Å². The Morgan fingerprint density at radius 3 is 2.74 bits per heavy atom. The van der Waals surface area contributed by atoms with Crippen molar-refractivity contribution < 1.29 is 23.1 Å². The van der Waals surface area contributed by atoms with Crippen LogP contribution in [0.3, 0.4) is 0 Å². The number of hydrogen-bond donors (Lipinski definition) is 3. The van der Waals surface area contributed by atoms with Crippen molar-refractivity contribution in [2.45, 2.75) is 30.3 Å². The third-order valence-electron chi connectivity index (χ3n) is 3.08. The number of carbonyl (C=O) groups is 1. The lowest BCUT2D eigenvalue weighted by atomic mass is 9.94. The van der Waals surface area contributed by atoms with Gasteiger partial charge in [-0.25, -0.2) is 17.9 Å². The van der Waals surface area contributed by atoms with E-state index in [0.717, 1.165) is 6.20 Å². The summed E-state index contributed by atoms with van der Waals surface area (Å²) >= 11 is 0. The molecule has 1 saturated heterocycles. The molecular formula is C10H15N3O5S. The Morgan fingerprint density at radius 2 is 2.16 bits per heavy atom. The highest BCUT2D eigenvalue weighted by Crippen LogP contribution is 2.23. The van der Waals surface area contributed by atoms with E-state index in [1.807, 2.05) is 0 Å². The zero-order chi connectivity index (χ0) is 14.1. The molecule has 2 heterocycles. The summed E-state index contributed by atoms with van der Waals surface area (Å²) < 4.78 is 32.1. The zero-order valence-electron chi connectivity index (χ0n) is 10.3. The normalized spacial score (nSPS) is 19.2. The molecule has 0 atom stereocenters. The van der Waals surface area contributed by atoms with Crippen LogP contribution in [-0.2, 0) is 14.8 Å². The third kappa shape index (κ3) is 2.94. The summed E-state index contributed by atoms with van der Waals surface area (Å²) in [5.74, 6) is -1.34. The first-order valence-electron chi connectivity index (χ1n) is 5.72. The number of sulfonamides is 1. The minimum atomic E-state index is -3.96. The fraction of sp³-hybridized carbons (Fsp3) is 0.600. The van der Waals surface area contributed by atoms with E-state index in [0.29, 0.717) is 26.1 Å². The molecule has 106 valence electrons. The number of aromatic nitrogens is 2. The average molecular weight is 289 g/mol. The number of aromatic carboxylic acids is 1. The van der Waals surface area contributed by atoms with Crippen LogP contribution in [0.2, 0.25) is 0 Å². The number of aromatic amines is 1.